The molecule has 88 valence electrons. The number of nitrogens with two attached hydrogens (primary N) is 1. The molecule has 0 saturated carbocycles. The van der Waals surface area contributed by atoms with Gasteiger partial charge in [-0.1, -0.05) is 13.3 Å². The lowest BCUT2D eigenvalue weighted by atomic mass is 10.2. The highest BCUT2D eigenvalue weighted by Gasteiger charge is 2.21. The molecule has 1 aromatic rings. The summed E-state index contributed by atoms with van der Waals surface area (Å²) >= 11 is 5.92. The molecule has 0 spiro atoms. The maximum absolute atomic E-state index is 5.92. The normalized spacial score (nSPS) is 20.4. The van der Waals surface area contributed by atoms with Crippen molar-refractivity contribution in [2.24, 2.45) is 5.73 Å². The third-order valence-electron chi connectivity index (χ3n) is 2.79. The number of hydrogen-bond donors (Lipinski definition) is 1. The molecule has 0 aromatic carbocycles. The van der Waals surface area contributed by atoms with Crippen LogP contribution in [0.2, 0.25) is 5.28 Å². The topological polar surface area (TPSA) is 55.0 Å². The Morgan fingerprint density at radius 2 is 2.38 bits per heavy atom. The molecule has 1 aromatic heterocycles. The van der Waals surface area contributed by atoms with Crippen LogP contribution in [0.3, 0.4) is 0 Å². The maximum atomic E-state index is 5.92. The summed E-state index contributed by atoms with van der Waals surface area (Å²) in [7, 11) is 0. The van der Waals surface area contributed by atoms with Crippen LogP contribution >= 0.6 is 11.6 Å². The molecule has 1 aliphatic heterocycles. The number of hydrogen-bond acceptors (Lipinski definition) is 4. The molecule has 0 radical (unpaired) electrons. The first-order valence-corrected chi connectivity index (χ1v) is 6.11. The number of aryl methyl sites for hydroxylation is 1. The highest BCUT2D eigenvalue weighted by atomic mass is 35.5. The maximum Gasteiger partial charge on any atom is 0.224 e. The fraction of sp³-hybridized carbons (Fsp3) is 0.636. The van der Waals surface area contributed by atoms with Crippen LogP contribution in [0.25, 0.3) is 0 Å². The van der Waals surface area contributed by atoms with Gasteiger partial charge in [-0.15, -0.1) is 0 Å². The molecule has 0 aliphatic carbocycles. The molecule has 0 unspecified atom stereocenters. The first-order chi connectivity index (χ1) is 7.69. The summed E-state index contributed by atoms with van der Waals surface area (Å²) in [6.45, 7) is 3.94. The molecule has 4 nitrogen and oxygen atoms in total. The molecule has 1 aliphatic rings. The van der Waals surface area contributed by atoms with Gasteiger partial charge in [0.05, 0.1) is 0 Å². The molecule has 2 rings (SSSR count). The molecule has 2 N–H and O–H groups in total. The van der Waals surface area contributed by atoms with Crippen LogP contribution in [-0.4, -0.2) is 29.1 Å². The van der Waals surface area contributed by atoms with Crippen molar-refractivity contribution in [3.05, 3.63) is 17.0 Å². The second kappa shape index (κ2) is 4.97. The summed E-state index contributed by atoms with van der Waals surface area (Å²) in [5.74, 6) is 0.913. The Hall–Kier alpha value is -0.870. The summed E-state index contributed by atoms with van der Waals surface area (Å²) < 4.78 is 0. The average molecular weight is 241 g/mol. The predicted octanol–water partition coefficient (Wildman–Crippen LogP) is 1.62. The van der Waals surface area contributed by atoms with E-state index in [-0.39, 0.29) is 6.04 Å². The monoisotopic (exact) mass is 240 g/mol. The van der Waals surface area contributed by atoms with Crippen molar-refractivity contribution in [3.63, 3.8) is 0 Å². The minimum absolute atomic E-state index is 0.253. The Morgan fingerprint density at radius 3 is 3.00 bits per heavy atom. The molecular weight excluding hydrogens is 224 g/mol. The van der Waals surface area contributed by atoms with Crippen molar-refractivity contribution >= 4 is 17.4 Å². The predicted molar refractivity (Wildman–Crippen MR) is 65.8 cm³/mol. The smallest absolute Gasteiger partial charge is 0.224 e. The molecule has 1 saturated heterocycles. The van der Waals surface area contributed by atoms with Crippen molar-refractivity contribution in [1.82, 2.24) is 9.97 Å². The van der Waals surface area contributed by atoms with Crippen LogP contribution in [-0.2, 0) is 6.42 Å². The van der Waals surface area contributed by atoms with E-state index in [0.29, 0.717) is 5.28 Å². The summed E-state index contributed by atoms with van der Waals surface area (Å²) in [4.78, 5) is 10.6. The number of anilines is 1. The van der Waals surface area contributed by atoms with Gasteiger partial charge in [0.15, 0.2) is 0 Å². The average Bonchev–Trinajstić information content (AvgIpc) is 2.64. The van der Waals surface area contributed by atoms with E-state index in [1.165, 1.54) is 0 Å². The standard InChI is InChI=1S/C11H17ClN4/c1-2-3-9-6-10(15-11(12)14-9)16-5-4-8(13)7-16/h6,8H,2-5,7,13H2,1H3/t8-/m0/s1. The summed E-state index contributed by atoms with van der Waals surface area (Å²) in [6.07, 6.45) is 3.02. The van der Waals surface area contributed by atoms with Crippen molar-refractivity contribution in [1.29, 1.82) is 0 Å². The van der Waals surface area contributed by atoms with Gasteiger partial charge in [-0.25, -0.2) is 9.97 Å². The van der Waals surface area contributed by atoms with Gasteiger partial charge in [-0.3, -0.25) is 0 Å². The first-order valence-electron chi connectivity index (χ1n) is 5.73. The Kier molecular flexibility index (Phi) is 3.61. The van der Waals surface area contributed by atoms with E-state index < -0.39 is 0 Å². The van der Waals surface area contributed by atoms with Crippen molar-refractivity contribution in [2.45, 2.75) is 32.2 Å². The zero-order valence-corrected chi connectivity index (χ0v) is 10.2. The van der Waals surface area contributed by atoms with E-state index in [9.17, 15) is 0 Å². The van der Waals surface area contributed by atoms with Crippen molar-refractivity contribution in [3.8, 4) is 0 Å². The van der Waals surface area contributed by atoms with Crippen LogP contribution < -0.4 is 10.6 Å². The highest BCUT2D eigenvalue weighted by Crippen LogP contribution is 2.20. The largest absolute Gasteiger partial charge is 0.355 e. The van der Waals surface area contributed by atoms with E-state index >= 15 is 0 Å². The second-order valence-electron chi connectivity index (χ2n) is 4.23. The fourth-order valence-corrected chi connectivity index (χ4v) is 2.19. The van der Waals surface area contributed by atoms with Crippen LogP contribution in [0, 0.1) is 0 Å². The number of nitrogens with zero attached hydrogens (tertiary/aromatic N) is 3. The molecule has 2 heterocycles. The van der Waals surface area contributed by atoms with Gasteiger partial charge < -0.3 is 10.6 Å². The Balaban J connectivity index is 2.20. The lowest BCUT2D eigenvalue weighted by Gasteiger charge is -2.17. The van der Waals surface area contributed by atoms with Gasteiger partial charge in [0.2, 0.25) is 5.28 Å². The second-order valence-corrected chi connectivity index (χ2v) is 4.57. The van der Waals surface area contributed by atoms with Gasteiger partial charge >= 0.3 is 0 Å². The summed E-state index contributed by atoms with van der Waals surface area (Å²) in [5, 5.41) is 0.335. The SMILES string of the molecule is CCCc1cc(N2CC[C@H](N)C2)nc(Cl)n1. The zero-order chi connectivity index (χ0) is 11.5. The van der Waals surface area contributed by atoms with Crippen LogP contribution in [0.1, 0.15) is 25.5 Å². The molecule has 16 heavy (non-hydrogen) atoms. The minimum Gasteiger partial charge on any atom is -0.355 e. The molecule has 1 atom stereocenters. The minimum atomic E-state index is 0.253. The number of rotatable bonds is 3. The van der Waals surface area contributed by atoms with Crippen LogP contribution in [0.4, 0.5) is 5.82 Å². The number of aromatic nitrogens is 2. The molecule has 0 amide bonds. The van der Waals surface area contributed by atoms with Gasteiger partial charge in [0.25, 0.3) is 0 Å². The van der Waals surface area contributed by atoms with Crippen molar-refractivity contribution in [2.75, 3.05) is 18.0 Å². The van der Waals surface area contributed by atoms with Crippen LogP contribution in [0.15, 0.2) is 6.07 Å². The third kappa shape index (κ3) is 2.62. The molecule has 1 fully saturated rings. The summed E-state index contributed by atoms with van der Waals surface area (Å²) in [6, 6.07) is 2.27. The molecule has 5 heteroatoms. The zero-order valence-electron chi connectivity index (χ0n) is 9.49. The molecule has 0 bridgehead atoms. The Bertz CT molecular complexity index is 369. The van der Waals surface area contributed by atoms with E-state index in [1.54, 1.807) is 0 Å². The molecular formula is C11H17ClN4. The Labute approximate surface area is 101 Å². The lowest BCUT2D eigenvalue weighted by Crippen LogP contribution is -2.27. The summed E-state index contributed by atoms with van der Waals surface area (Å²) in [5.41, 5.74) is 6.89. The van der Waals surface area contributed by atoms with Gasteiger partial charge in [0.1, 0.15) is 5.82 Å². The Morgan fingerprint density at radius 1 is 1.56 bits per heavy atom. The lowest BCUT2D eigenvalue weighted by molar-refractivity contribution is 0.751. The van der Waals surface area contributed by atoms with E-state index in [0.717, 1.165) is 43.9 Å². The van der Waals surface area contributed by atoms with E-state index in [2.05, 4.69) is 21.8 Å². The first kappa shape index (κ1) is 11.6. The highest BCUT2D eigenvalue weighted by molar-refractivity contribution is 6.28. The van der Waals surface area contributed by atoms with Gasteiger partial charge in [-0.2, -0.15) is 0 Å². The van der Waals surface area contributed by atoms with Crippen molar-refractivity contribution < 1.29 is 0 Å². The quantitative estimate of drug-likeness (QED) is 0.816. The van der Waals surface area contributed by atoms with E-state index in [1.807, 2.05) is 6.07 Å². The van der Waals surface area contributed by atoms with E-state index in [4.69, 9.17) is 17.3 Å². The van der Waals surface area contributed by atoms with Gasteiger partial charge in [-0.05, 0) is 24.4 Å². The van der Waals surface area contributed by atoms with Gasteiger partial charge in [0, 0.05) is 30.9 Å². The number of halogens is 1. The van der Waals surface area contributed by atoms with Crippen LogP contribution in [0.5, 0.6) is 0 Å². The third-order valence-corrected chi connectivity index (χ3v) is 2.96. The fourth-order valence-electron chi connectivity index (χ4n) is 1.99.